The van der Waals surface area contributed by atoms with E-state index in [0.29, 0.717) is 18.8 Å². The van der Waals surface area contributed by atoms with Crippen LogP contribution in [0.4, 0.5) is 10.5 Å². The molecule has 1 aromatic rings. The second kappa shape index (κ2) is 7.47. The zero-order chi connectivity index (χ0) is 16.0. The van der Waals surface area contributed by atoms with E-state index < -0.39 is 5.97 Å². The molecule has 114 valence electrons. The van der Waals surface area contributed by atoms with Crippen LogP contribution >= 0.6 is 0 Å². The molecule has 0 unspecified atom stereocenters. The quantitative estimate of drug-likeness (QED) is 0.819. The molecular formula is C16H22N2O3. The minimum absolute atomic E-state index is 0.327. The van der Waals surface area contributed by atoms with Gasteiger partial charge in [0.2, 0.25) is 0 Å². The van der Waals surface area contributed by atoms with Crippen molar-refractivity contribution in [1.82, 2.24) is 4.90 Å². The van der Waals surface area contributed by atoms with E-state index in [2.05, 4.69) is 6.58 Å². The first kappa shape index (κ1) is 16.8. The Morgan fingerprint density at radius 2 is 1.76 bits per heavy atom. The van der Waals surface area contributed by atoms with Crippen LogP contribution in [0.25, 0.3) is 0 Å². The average molecular weight is 290 g/mol. The number of carbonyl (C=O) groups excluding carboxylic acids is 1. The minimum Gasteiger partial charge on any atom is -0.480 e. The molecular weight excluding hydrogens is 268 g/mol. The molecule has 21 heavy (non-hydrogen) atoms. The lowest BCUT2D eigenvalue weighted by atomic mass is 10.2. The van der Waals surface area contributed by atoms with Gasteiger partial charge in [0.15, 0.2) is 0 Å². The minimum atomic E-state index is -1.05. The van der Waals surface area contributed by atoms with Gasteiger partial charge in [0.1, 0.15) is 6.54 Å². The van der Waals surface area contributed by atoms with Crippen molar-refractivity contribution in [3.8, 4) is 0 Å². The molecule has 0 aliphatic carbocycles. The smallest absolute Gasteiger partial charge is 0.325 e. The average Bonchev–Trinajstić information content (AvgIpc) is 2.42. The number of urea groups is 1. The number of hydrogen-bond acceptors (Lipinski definition) is 2. The molecule has 5 heteroatoms. The molecule has 0 aliphatic heterocycles. The number of carbonyl (C=O) groups is 2. The summed E-state index contributed by atoms with van der Waals surface area (Å²) in [6, 6.07) is 6.89. The van der Waals surface area contributed by atoms with Crippen molar-refractivity contribution in [2.24, 2.45) is 0 Å². The molecule has 0 aromatic heterocycles. The van der Waals surface area contributed by atoms with E-state index in [-0.39, 0.29) is 12.6 Å². The Labute approximate surface area is 125 Å². The Balaban J connectivity index is 3.05. The van der Waals surface area contributed by atoms with Gasteiger partial charge in [-0.3, -0.25) is 9.69 Å². The topological polar surface area (TPSA) is 60.9 Å². The lowest BCUT2D eigenvalue weighted by Gasteiger charge is -2.29. The van der Waals surface area contributed by atoms with Gasteiger partial charge in [-0.05, 0) is 32.9 Å². The number of carboxylic acids is 1. The number of aliphatic carboxylic acids is 1. The number of hydrogen-bond donors (Lipinski definition) is 1. The van der Waals surface area contributed by atoms with Crippen molar-refractivity contribution in [3.63, 3.8) is 0 Å². The van der Waals surface area contributed by atoms with E-state index in [1.165, 1.54) is 4.90 Å². The normalized spacial score (nSPS) is 10.0. The van der Waals surface area contributed by atoms with Crippen molar-refractivity contribution >= 4 is 17.7 Å². The molecule has 0 saturated carbocycles. The fraction of sp³-hybridized carbons (Fsp3) is 0.375. The molecule has 0 spiro atoms. The summed E-state index contributed by atoms with van der Waals surface area (Å²) in [6.45, 7) is 9.97. The van der Waals surface area contributed by atoms with Gasteiger partial charge in [-0.25, -0.2) is 4.79 Å². The largest absolute Gasteiger partial charge is 0.480 e. The Bertz CT molecular complexity index is 523. The third-order valence-corrected chi connectivity index (χ3v) is 2.98. The predicted octanol–water partition coefficient (Wildman–Crippen LogP) is 2.90. The Morgan fingerprint density at radius 3 is 2.19 bits per heavy atom. The van der Waals surface area contributed by atoms with Gasteiger partial charge in [0.05, 0.1) is 0 Å². The van der Waals surface area contributed by atoms with E-state index in [1.54, 1.807) is 17.0 Å². The number of likely N-dealkylation sites (N-methyl/N-ethyl adjacent to an activating group) is 1. The summed E-state index contributed by atoms with van der Waals surface area (Å²) < 4.78 is 0. The Kier molecular flexibility index (Phi) is 5.96. The summed E-state index contributed by atoms with van der Waals surface area (Å²) in [5.74, 6) is -1.05. The number of amides is 2. The molecule has 0 bridgehead atoms. The van der Waals surface area contributed by atoms with Gasteiger partial charge in [-0.2, -0.15) is 0 Å². The van der Waals surface area contributed by atoms with Crippen LogP contribution in [0.1, 0.15) is 19.4 Å². The van der Waals surface area contributed by atoms with E-state index in [1.807, 2.05) is 32.9 Å². The second-order valence-corrected chi connectivity index (χ2v) is 5.07. The highest BCUT2D eigenvalue weighted by Crippen LogP contribution is 2.17. The van der Waals surface area contributed by atoms with E-state index in [9.17, 15) is 9.59 Å². The van der Waals surface area contributed by atoms with Gasteiger partial charge in [-0.15, -0.1) is 0 Å². The summed E-state index contributed by atoms with van der Waals surface area (Å²) in [7, 11) is 0. The number of benzene rings is 1. The maximum Gasteiger partial charge on any atom is 0.325 e. The maximum atomic E-state index is 12.6. The molecule has 1 N–H and O–H groups in total. The summed E-state index contributed by atoms with van der Waals surface area (Å²) >= 11 is 0. The molecule has 0 atom stereocenters. The molecule has 0 saturated heterocycles. The molecule has 1 rings (SSSR count). The van der Waals surface area contributed by atoms with Crippen molar-refractivity contribution in [2.75, 3.05) is 24.5 Å². The monoisotopic (exact) mass is 290 g/mol. The van der Waals surface area contributed by atoms with Crippen LogP contribution in [-0.4, -0.2) is 41.6 Å². The van der Waals surface area contributed by atoms with Crippen molar-refractivity contribution in [1.29, 1.82) is 0 Å². The lowest BCUT2D eigenvalue weighted by Crippen LogP contribution is -2.46. The SMILES string of the molecule is C=C(C)CN(CC)C(=O)N(CC(=O)O)c1ccc(C)cc1. The first-order valence-corrected chi connectivity index (χ1v) is 6.84. The molecule has 0 heterocycles. The van der Waals surface area contributed by atoms with Gasteiger partial charge in [0, 0.05) is 18.8 Å². The van der Waals surface area contributed by atoms with Crippen molar-refractivity contribution < 1.29 is 14.7 Å². The zero-order valence-corrected chi connectivity index (χ0v) is 12.8. The van der Waals surface area contributed by atoms with Gasteiger partial charge in [0.25, 0.3) is 0 Å². The summed E-state index contributed by atoms with van der Waals surface area (Å²) in [5, 5.41) is 9.06. The number of aryl methyl sites for hydroxylation is 1. The van der Waals surface area contributed by atoms with Crippen LogP contribution in [-0.2, 0) is 4.79 Å². The van der Waals surface area contributed by atoms with Gasteiger partial charge >= 0.3 is 12.0 Å². The number of rotatable bonds is 6. The third kappa shape index (κ3) is 4.95. The third-order valence-electron chi connectivity index (χ3n) is 2.98. The van der Waals surface area contributed by atoms with Crippen LogP contribution in [0.2, 0.25) is 0 Å². The zero-order valence-electron chi connectivity index (χ0n) is 12.8. The van der Waals surface area contributed by atoms with Crippen LogP contribution in [0.5, 0.6) is 0 Å². The fourth-order valence-corrected chi connectivity index (χ4v) is 1.94. The van der Waals surface area contributed by atoms with Crippen molar-refractivity contribution in [3.05, 3.63) is 42.0 Å². The molecule has 5 nitrogen and oxygen atoms in total. The maximum absolute atomic E-state index is 12.6. The summed E-state index contributed by atoms with van der Waals surface area (Å²) in [4.78, 5) is 26.5. The Morgan fingerprint density at radius 1 is 1.19 bits per heavy atom. The molecule has 1 aromatic carbocycles. The molecule has 0 aliphatic rings. The number of anilines is 1. The van der Waals surface area contributed by atoms with E-state index in [0.717, 1.165) is 11.1 Å². The molecule has 0 radical (unpaired) electrons. The van der Waals surface area contributed by atoms with Crippen LogP contribution in [0.3, 0.4) is 0 Å². The number of nitrogens with zero attached hydrogens (tertiary/aromatic N) is 2. The standard InChI is InChI=1S/C16H22N2O3/c1-5-17(10-12(2)3)16(21)18(11-15(19)20)14-8-6-13(4)7-9-14/h6-9H,2,5,10-11H2,1,3-4H3,(H,19,20). The lowest BCUT2D eigenvalue weighted by molar-refractivity contribution is -0.135. The van der Waals surface area contributed by atoms with Gasteiger partial charge in [-0.1, -0.05) is 29.8 Å². The summed E-state index contributed by atoms with van der Waals surface area (Å²) in [6.07, 6.45) is 0. The number of carboxylic acid groups (broad SMARTS) is 1. The first-order valence-electron chi connectivity index (χ1n) is 6.84. The van der Waals surface area contributed by atoms with Gasteiger partial charge < -0.3 is 10.0 Å². The highest BCUT2D eigenvalue weighted by atomic mass is 16.4. The second-order valence-electron chi connectivity index (χ2n) is 5.07. The van der Waals surface area contributed by atoms with Crippen LogP contribution < -0.4 is 4.90 Å². The molecule has 2 amide bonds. The van der Waals surface area contributed by atoms with Crippen LogP contribution in [0, 0.1) is 6.92 Å². The van der Waals surface area contributed by atoms with E-state index >= 15 is 0 Å². The highest BCUT2D eigenvalue weighted by Gasteiger charge is 2.23. The van der Waals surface area contributed by atoms with Crippen molar-refractivity contribution in [2.45, 2.75) is 20.8 Å². The summed E-state index contributed by atoms with van der Waals surface area (Å²) in [5.41, 5.74) is 2.48. The first-order chi connectivity index (χ1) is 9.85. The van der Waals surface area contributed by atoms with Crippen LogP contribution in [0.15, 0.2) is 36.4 Å². The molecule has 0 fully saturated rings. The predicted molar refractivity (Wildman–Crippen MR) is 83.6 cm³/mol. The van der Waals surface area contributed by atoms with E-state index in [4.69, 9.17) is 5.11 Å². The Hall–Kier alpha value is -2.30. The fourth-order valence-electron chi connectivity index (χ4n) is 1.94. The highest BCUT2D eigenvalue weighted by molar-refractivity contribution is 5.96.